The molecule has 2 aliphatic heterocycles. The second-order valence-electron chi connectivity index (χ2n) is 13.4. The zero-order valence-electron chi connectivity index (χ0n) is 28.1. The lowest BCUT2D eigenvalue weighted by Crippen LogP contribution is -2.44. The van der Waals surface area contributed by atoms with Gasteiger partial charge in [-0.3, -0.25) is 4.79 Å². The molecule has 0 radical (unpaired) electrons. The Kier molecular flexibility index (Phi) is 9.05. The molecular formula is C35H44N8O4. The number of benzene rings is 2. The number of rotatable bonds is 7. The van der Waals surface area contributed by atoms with E-state index in [4.69, 9.17) is 14.5 Å². The van der Waals surface area contributed by atoms with Crippen molar-refractivity contribution >= 4 is 46.2 Å². The molecule has 12 nitrogen and oxygen atoms in total. The molecule has 0 bridgehead atoms. The van der Waals surface area contributed by atoms with E-state index in [0.29, 0.717) is 56.4 Å². The normalized spacial score (nSPS) is 15.4. The number of nitrogens with zero attached hydrogens (tertiary/aromatic N) is 6. The third-order valence-electron chi connectivity index (χ3n) is 8.67. The quantitative estimate of drug-likeness (QED) is 0.259. The van der Waals surface area contributed by atoms with Crippen LogP contribution in [0, 0.1) is 13.8 Å². The van der Waals surface area contributed by atoms with Crippen molar-refractivity contribution in [3.8, 4) is 0 Å². The summed E-state index contributed by atoms with van der Waals surface area (Å²) >= 11 is 0. The Morgan fingerprint density at radius 3 is 2.45 bits per heavy atom. The number of carbonyl (C=O) groups excluding carboxylic acids is 2. The molecule has 6 rings (SSSR count). The highest BCUT2D eigenvalue weighted by Crippen LogP contribution is 2.30. The van der Waals surface area contributed by atoms with Crippen molar-refractivity contribution in [1.82, 2.24) is 29.5 Å². The van der Waals surface area contributed by atoms with Crippen LogP contribution in [0.5, 0.6) is 0 Å². The molecule has 0 spiro atoms. The van der Waals surface area contributed by atoms with Gasteiger partial charge in [-0.05, 0) is 88.3 Å². The van der Waals surface area contributed by atoms with Gasteiger partial charge in [0, 0.05) is 50.8 Å². The van der Waals surface area contributed by atoms with Crippen LogP contribution in [0.15, 0.2) is 42.6 Å². The molecule has 2 amide bonds. The first-order chi connectivity index (χ1) is 22.4. The number of anilines is 4. The van der Waals surface area contributed by atoms with E-state index in [1.807, 2.05) is 44.9 Å². The van der Waals surface area contributed by atoms with Crippen LogP contribution < -0.4 is 10.6 Å². The maximum atomic E-state index is 13.1. The van der Waals surface area contributed by atoms with Gasteiger partial charge < -0.3 is 29.9 Å². The third kappa shape index (κ3) is 7.48. The fourth-order valence-corrected chi connectivity index (χ4v) is 6.11. The van der Waals surface area contributed by atoms with E-state index >= 15 is 0 Å². The molecule has 2 N–H and O–H groups in total. The fraction of sp³-hybridized carbons (Fsp3) is 0.457. The number of hydrogen-bond acceptors (Lipinski definition) is 9. The zero-order chi connectivity index (χ0) is 33.3. The van der Waals surface area contributed by atoms with Crippen molar-refractivity contribution in [3.63, 3.8) is 0 Å². The monoisotopic (exact) mass is 640 g/mol. The summed E-state index contributed by atoms with van der Waals surface area (Å²) in [5.41, 5.74) is 6.65. The van der Waals surface area contributed by atoms with E-state index in [1.54, 1.807) is 15.8 Å². The van der Waals surface area contributed by atoms with Crippen LogP contribution in [-0.2, 0) is 34.3 Å². The molecule has 47 heavy (non-hydrogen) atoms. The molecule has 0 aliphatic carbocycles. The van der Waals surface area contributed by atoms with Gasteiger partial charge in [0.05, 0.1) is 11.5 Å². The number of aryl methyl sites for hydroxylation is 3. The van der Waals surface area contributed by atoms with Gasteiger partial charge in [-0.1, -0.05) is 24.3 Å². The van der Waals surface area contributed by atoms with Crippen LogP contribution in [-0.4, -0.2) is 79.5 Å². The molecule has 4 heterocycles. The van der Waals surface area contributed by atoms with Gasteiger partial charge in [0.25, 0.3) is 0 Å². The maximum absolute atomic E-state index is 13.1. The smallest absolute Gasteiger partial charge is 0.410 e. The zero-order valence-corrected chi connectivity index (χ0v) is 28.1. The molecule has 2 aromatic carbocycles. The Bertz CT molecular complexity index is 1770. The summed E-state index contributed by atoms with van der Waals surface area (Å²) in [6.07, 6.45) is 3.58. The number of ether oxygens (including phenoxy) is 2. The summed E-state index contributed by atoms with van der Waals surface area (Å²) in [5, 5.41) is 12.3. The van der Waals surface area contributed by atoms with Gasteiger partial charge in [0.15, 0.2) is 11.5 Å². The molecule has 1 fully saturated rings. The first-order valence-electron chi connectivity index (χ1n) is 16.2. The number of hydrogen-bond donors (Lipinski definition) is 2. The summed E-state index contributed by atoms with van der Waals surface area (Å²) in [6, 6.07) is 12.4. The minimum absolute atomic E-state index is 0.0288. The SMILES string of the molecule is Cc1cccc(C)c1Nc1nn(C)c2nc(Nc3ccc4c(c3)CN(C(=O)COC3CCN(C(=O)OC(C)(C)C)CC3)CC4)ncc12. The molecule has 0 saturated carbocycles. The number of piperidine rings is 1. The second kappa shape index (κ2) is 13.2. The van der Waals surface area contributed by atoms with Gasteiger partial charge in [0.2, 0.25) is 11.9 Å². The number of likely N-dealkylation sites (tertiary alicyclic amines) is 1. The minimum Gasteiger partial charge on any atom is -0.444 e. The van der Waals surface area contributed by atoms with E-state index < -0.39 is 5.60 Å². The number of nitrogens with one attached hydrogen (secondary N) is 2. The topological polar surface area (TPSA) is 127 Å². The van der Waals surface area contributed by atoms with Crippen LogP contribution >= 0.6 is 0 Å². The number of aromatic nitrogens is 4. The summed E-state index contributed by atoms with van der Waals surface area (Å²) in [6.45, 7) is 12.0. The van der Waals surface area contributed by atoms with Gasteiger partial charge >= 0.3 is 6.09 Å². The van der Waals surface area contributed by atoms with E-state index in [0.717, 1.165) is 39.9 Å². The Hall–Kier alpha value is -4.71. The minimum atomic E-state index is -0.521. The standard InChI is InChI=1S/C35H44N8O4/c1-22-8-7-9-23(2)30(22)38-31-28-19-36-33(39-32(28)41(6)40-31)37-26-11-10-24-12-15-43(20-25(24)18-26)29(44)21-46-27-13-16-42(17-14-27)34(45)47-35(3,4)5/h7-11,18-19,27H,12-17,20-21H2,1-6H3,(H,38,40)(H,36,37,39). The van der Waals surface area contributed by atoms with Crippen molar-refractivity contribution < 1.29 is 19.1 Å². The molecule has 0 atom stereocenters. The Labute approximate surface area is 275 Å². The van der Waals surface area contributed by atoms with Gasteiger partial charge in [-0.15, -0.1) is 0 Å². The first kappa shape index (κ1) is 32.2. The summed E-state index contributed by atoms with van der Waals surface area (Å²) in [5.74, 6) is 1.15. The molecule has 1 saturated heterocycles. The van der Waals surface area contributed by atoms with Crippen LogP contribution in [0.4, 0.5) is 27.9 Å². The molecular weight excluding hydrogens is 596 g/mol. The number of fused-ring (bicyclic) bond motifs is 2. The van der Waals surface area contributed by atoms with Gasteiger partial charge in [-0.2, -0.15) is 10.1 Å². The van der Waals surface area contributed by atoms with Crippen molar-refractivity contribution in [1.29, 1.82) is 0 Å². The largest absolute Gasteiger partial charge is 0.444 e. The van der Waals surface area contributed by atoms with Crippen molar-refractivity contribution in [3.05, 3.63) is 64.8 Å². The highest BCUT2D eigenvalue weighted by molar-refractivity contribution is 5.90. The molecule has 248 valence electrons. The number of carbonyl (C=O) groups is 2. The van der Waals surface area contributed by atoms with Crippen LogP contribution in [0.3, 0.4) is 0 Å². The van der Waals surface area contributed by atoms with Crippen LogP contribution in [0.1, 0.15) is 55.9 Å². The average molecular weight is 641 g/mol. The second-order valence-corrected chi connectivity index (χ2v) is 13.4. The van der Waals surface area contributed by atoms with E-state index in [1.165, 1.54) is 5.56 Å². The predicted molar refractivity (Wildman–Crippen MR) is 181 cm³/mol. The van der Waals surface area contributed by atoms with Crippen LogP contribution in [0.25, 0.3) is 11.0 Å². The average Bonchev–Trinajstić information content (AvgIpc) is 3.34. The number of para-hydroxylation sites is 1. The summed E-state index contributed by atoms with van der Waals surface area (Å²) in [4.78, 5) is 38.4. The van der Waals surface area contributed by atoms with Crippen molar-refractivity contribution in [2.45, 2.75) is 72.1 Å². The maximum Gasteiger partial charge on any atom is 0.410 e. The fourth-order valence-electron chi connectivity index (χ4n) is 6.11. The Morgan fingerprint density at radius 1 is 0.979 bits per heavy atom. The van der Waals surface area contributed by atoms with E-state index in [-0.39, 0.29) is 24.7 Å². The van der Waals surface area contributed by atoms with Crippen molar-refractivity contribution in [2.24, 2.45) is 7.05 Å². The molecule has 12 heteroatoms. The van der Waals surface area contributed by atoms with Gasteiger partial charge in [0.1, 0.15) is 12.2 Å². The molecule has 0 unspecified atom stereocenters. The predicted octanol–water partition coefficient (Wildman–Crippen LogP) is 5.77. The van der Waals surface area contributed by atoms with E-state index in [9.17, 15) is 9.59 Å². The van der Waals surface area contributed by atoms with Crippen LogP contribution in [0.2, 0.25) is 0 Å². The van der Waals surface area contributed by atoms with Gasteiger partial charge in [-0.25, -0.2) is 14.5 Å². The summed E-state index contributed by atoms with van der Waals surface area (Å²) in [7, 11) is 1.87. The highest BCUT2D eigenvalue weighted by atomic mass is 16.6. The third-order valence-corrected chi connectivity index (χ3v) is 8.67. The van der Waals surface area contributed by atoms with Crippen molar-refractivity contribution in [2.75, 3.05) is 36.9 Å². The Morgan fingerprint density at radius 2 is 1.72 bits per heavy atom. The highest BCUT2D eigenvalue weighted by Gasteiger charge is 2.28. The molecule has 4 aromatic rings. The summed E-state index contributed by atoms with van der Waals surface area (Å²) < 4.78 is 13.2. The molecule has 2 aromatic heterocycles. The lowest BCUT2D eigenvalue weighted by molar-refractivity contribution is -0.140. The Balaban J connectivity index is 1.05. The van der Waals surface area contributed by atoms with E-state index in [2.05, 4.69) is 58.8 Å². The first-order valence-corrected chi connectivity index (χ1v) is 16.2. The number of amides is 2. The lowest BCUT2D eigenvalue weighted by Gasteiger charge is -2.34. The molecule has 2 aliphatic rings. The lowest BCUT2D eigenvalue weighted by atomic mass is 9.99.